The molecule has 1 heterocycles. The molecule has 0 aliphatic heterocycles. The average Bonchev–Trinajstić information content (AvgIpc) is 2.75. The third-order valence-electron chi connectivity index (χ3n) is 2.52. The number of nitrogens with zero attached hydrogens (tertiary/aromatic N) is 1. The minimum absolute atomic E-state index is 0.0111. The molecule has 1 aromatic heterocycles. The zero-order valence-corrected chi connectivity index (χ0v) is 11.4. The molecule has 18 heavy (non-hydrogen) atoms. The SMILES string of the molecule is CCCC(C)CC(=O)NCc1nc(C(=O)O)cs1. The van der Waals surface area contributed by atoms with E-state index in [2.05, 4.69) is 24.1 Å². The van der Waals surface area contributed by atoms with Crippen LogP contribution >= 0.6 is 11.3 Å². The Morgan fingerprint density at radius 2 is 2.28 bits per heavy atom. The van der Waals surface area contributed by atoms with Gasteiger partial charge in [0.05, 0.1) is 6.54 Å². The molecule has 6 heteroatoms. The van der Waals surface area contributed by atoms with E-state index in [0.717, 1.165) is 12.8 Å². The van der Waals surface area contributed by atoms with Gasteiger partial charge in [0.25, 0.3) is 0 Å². The van der Waals surface area contributed by atoms with Crippen LogP contribution in [0.15, 0.2) is 5.38 Å². The van der Waals surface area contributed by atoms with Gasteiger partial charge in [0.15, 0.2) is 5.69 Å². The van der Waals surface area contributed by atoms with E-state index in [4.69, 9.17) is 5.11 Å². The van der Waals surface area contributed by atoms with Gasteiger partial charge >= 0.3 is 5.97 Å². The molecule has 1 unspecified atom stereocenters. The summed E-state index contributed by atoms with van der Waals surface area (Å²) in [7, 11) is 0. The largest absolute Gasteiger partial charge is 0.476 e. The molecule has 1 atom stereocenters. The van der Waals surface area contributed by atoms with Crippen molar-refractivity contribution in [3.8, 4) is 0 Å². The van der Waals surface area contributed by atoms with Gasteiger partial charge in [-0.2, -0.15) is 0 Å². The van der Waals surface area contributed by atoms with Crippen molar-refractivity contribution in [2.75, 3.05) is 0 Å². The fourth-order valence-electron chi connectivity index (χ4n) is 1.65. The molecule has 0 spiro atoms. The number of nitrogens with one attached hydrogen (secondary N) is 1. The molecule has 0 bridgehead atoms. The maximum atomic E-state index is 11.6. The summed E-state index contributed by atoms with van der Waals surface area (Å²) in [6.07, 6.45) is 2.61. The second-order valence-corrected chi connectivity index (χ2v) is 5.25. The zero-order valence-electron chi connectivity index (χ0n) is 10.6. The van der Waals surface area contributed by atoms with Crippen LogP contribution in [-0.2, 0) is 11.3 Å². The quantitative estimate of drug-likeness (QED) is 0.796. The molecule has 0 radical (unpaired) electrons. The van der Waals surface area contributed by atoms with Crippen LogP contribution < -0.4 is 5.32 Å². The Balaban J connectivity index is 2.35. The van der Waals surface area contributed by atoms with Crippen LogP contribution in [-0.4, -0.2) is 22.0 Å². The fourth-order valence-corrected chi connectivity index (χ4v) is 2.36. The van der Waals surface area contributed by atoms with Gasteiger partial charge in [-0.05, 0) is 5.92 Å². The molecule has 2 N–H and O–H groups in total. The van der Waals surface area contributed by atoms with Crippen molar-refractivity contribution in [1.82, 2.24) is 10.3 Å². The molecule has 0 saturated heterocycles. The molecule has 0 saturated carbocycles. The van der Waals surface area contributed by atoms with E-state index in [-0.39, 0.29) is 11.6 Å². The predicted molar refractivity (Wildman–Crippen MR) is 69.6 cm³/mol. The van der Waals surface area contributed by atoms with Crippen LogP contribution in [0.5, 0.6) is 0 Å². The number of rotatable bonds is 7. The highest BCUT2D eigenvalue weighted by Crippen LogP contribution is 2.11. The fraction of sp³-hybridized carbons (Fsp3) is 0.583. The third kappa shape index (κ3) is 4.83. The number of aromatic carboxylic acids is 1. The van der Waals surface area contributed by atoms with E-state index in [1.807, 2.05) is 0 Å². The Labute approximate surface area is 110 Å². The molecular weight excluding hydrogens is 252 g/mol. The van der Waals surface area contributed by atoms with Gasteiger partial charge in [0.2, 0.25) is 5.91 Å². The van der Waals surface area contributed by atoms with Crippen LogP contribution in [0.4, 0.5) is 0 Å². The van der Waals surface area contributed by atoms with Crippen LogP contribution in [0.2, 0.25) is 0 Å². The van der Waals surface area contributed by atoms with Crippen molar-refractivity contribution >= 4 is 23.2 Å². The smallest absolute Gasteiger partial charge is 0.355 e. The summed E-state index contributed by atoms with van der Waals surface area (Å²) in [6.45, 7) is 4.45. The zero-order chi connectivity index (χ0) is 13.5. The summed E-state index contributed by atoms with van der Waals surface area (Å²) >= 11 is 1.24. The van der Waals surface area contributed by atoms with E-state index < -0.39 is 5.97 Å². The lowest BCUT2D eigenvalue weighted by molar-refractivity contribution is -0.122. The number of thiazole rings is 1. The Kier molecular flexibility index (Phi) is 5.77. The Hall–Kier alpha value is -1.43. The van der Waals surface area contributed by atoms with E-state index in [0.29, 0.717) is 23.9 Å². The number of amides is 1. The topological polar surface area (TPSA) is 79.3 Å². The Morgan fingerprint density at radius 1 is 1.56 bits per heavy atom. The number of hydrogen-bond donors (Lipinski definition) is 2. The second kappa shape index (κ2) is 7.10. The third-order valence-corrected chi connectivity index (χ3v) is 3.37. The summed E-state index contributed by atoms with van der Waals surface area (Å²) in [5, 5.41) is 13.6. The Bertz CT molecular complexity index is 417. The molecule has 0 fully saturated rings. The minimum atomic E-state index is -1.04. The molecule has 1 rings (SSSR count). The summed E-state index contributed by atoms with van der Waals surface area (Å²) in [6, 6.07) is 0. The number of carboxylic acid groups (broad SMARTS) is 1. The van der Waals surface area contributed by atoms with Gasteiger partial charge in [-0.3, -0.25) is 4.79 Å². The molecule has 0 aliphatic carbocycles. The van der Waals surface area contributed by atoms with Crippen molar-refractivity contribution in [2.24, 2.45) is 5.92 Å². The molecule has 0 aliphatic rings. The van der Waals surface area contributed by atoms with Crippen molar-refractivity contribution in [3.05, 3.63) is 16.1 Å². The summed E-state index contributed by atoms with van der Waals surface area (Å²) in [5.41, 5.74) is 0.0311. The van der Waals surface area contributed by atoms with Gasteiger partial charge in [0, 0.05) is 11.8 Å². The van der Waals surface area contributed by atoms with Crippen LogP contribution in [0, 0.1) is 5.92 Å². The highest BCUT2D eigenvalue weighted by molar-refractivity contribution is 7.09. The van der Waals surface area contributed by atoms with Crippen molar-refractivity contribution < 1.29 is 14.7 Å². The molecule has 0 aromatic carbocycles. The predicted octanol–water partition coefficient (Wildman–Crippen LogP) is 2.28. The lowest BCUT2D eigenvalue weighted by Crippen LogP contribution is -2.24. The summed E-state index contributed by atoms with van der Waals surface area (Å²) < 4.78 is 0. The molecule has 1 amide bonds. The normalized spacial score (nSPS) is 12.1. The van der Waals surface area contributed by atoms with E-state index in [1.165, 1.54) is 16.7 Å². The minimum Gasteiger partial charge on any atom is -0.476 e. The van der Waals surface area contributed by atoms with Crippen LogP contribution in [0.25, 0.3) is 0 Å². The monoisotopic (exact) mass is 270 g/mol. The number of carbonyl (C=O) groups is 2. The van der Waals surface area contributed by atoms with Gasteiger partial charge in [0.1, 0.15) is 5.01 Å². The molecular formula is C12H18N2O3S. The first kappa shape index (κ1) is 14.6. The van der Waals surface area contributed by atoms with Crippen molar-refractivity contribution in [2.45, 2.75) is 39.7 Å². The van der Waals surface area contributed by atoms with Gasteiger partial charge in [-0.1, -0.05) is 26.7 Å². The first-order chi connectivity index (χ1) is 8.52. The number of aromatic nitrogens is 1. The van der Waals surface area contributed by atoms with Gasteiger partial charge in [-0.25, -0.2) is 9.78 Å². The van der Waals surface area contributed by atoms with Crippen molar-refractivity contribution in [1.29, 1.82) is 0 Å². The van der Waals surface area contributed by atoms with Gasteiger partial charge in [-0.15, -0.1) is 11.3 Å². The molecule has 1 aromatic rings. The summed E-state index contributed by atoms with van der Waals surface area (Å²) in [5.74, 6) is -0.677. The number of hydrogen-bond acceptors (Lipinski definition) is 4. The first-order valence-electron chi connectivity index (χ1n) is 5.97. The van der Waals surface area contributed by atoms with Crippen molar-refractivity contribution in [3.63, 3.8) is 0 Å². The maximum absolute atomic E-state index is 11.6. The number of carbonyl (C=O) groups excluding carboxylic acids is 1. The van der Waals surface area contributed by atoms with Crippen LogP contribution in [0.3, 0.4) is 0 Å². The highest BCUT2D eigenvalue weighted by atomic mass is 32.1. The van der Waals surface area contributed by atoms with E-state index in [1.54, 1.807) is 0 Å². The number of carboxylic acids is 1. The standard InChI is InChI=1S/C12H18N2O3S/c1-3-4-8(2)5-10(15)13-6-11-14-9(7-18-11)12(16)17/h7-8H,3-6H2,1-2H3,(H,13,15)(H,16,17). The Morgan fingerprint density at radius 3 is 2.83 bits per heavy atom. The van der Waals surface area contributed by atoms with E-state index in [9.17, 15) is 9.59 Å². The second-order valence-electron chi connectivity index (χ2n) is 4.31. The summed E-state index contributed by atoms with van der Waals surface area (Å²) in [4.78, 5) is 26.1. The average molecular weight is 270 g/mol. The molecule has 5 nitrogen and oxygen atoms in total. The molecule has 100 valence electrons. The lowest BCUT2D eigenvalue weighted by Gasteiger charge is -2.09. The maximum Gasteiger partial charge on any atom is 0.355 e. The first-order valence-corrected chi connectivity index (χ1v) is 6.85. The van der Waals surface area contributed by atoms with E-state index >= 15 is 0 Å². The van der Waals surface area contributed by atoms with Crippen LogP contribution in [0.1, 0.15) is 48.6 Å². The lowest BCUT2D eigenvalue weighted by atomic mass is 10.0. The van der Waals surface area contributed by atoms with Gasteiger partial charge < -0.3 is 10.4 Å². The highest BCUT2D eigenvalue weighted by Gasteiger charge is 2.11.